The molecule has 7 heteroatoms. The fraction of sp³-hybridized carbons (Fsp3) is 0.292. The number of hydrogen-bond acceptors (Lipinski definition) is 5. The average Bonchev–Trinajstić information content (AvgIpc) is 3.14. The first-order chi connectivity index (χ1) is 15.0. The summed E-state index contributed by atoms with van der Waals surface area (Å²) in [7, 11) is 0. The van der Waals surface area contributed by atoms with E-state index in [9.17, 15) is 4.79 Å². The summed E-state index contributed by atoms with van der Waals surface area (Å²) < 4.78 is 7.96. The molecule has 6 nitrogen and oxygen atoms in total. The number of aryl methyl sites for hydroxylation is 3. The largest absolute Gasteiger partial charge is 0.485 e. The number of anilines is 1. The average molecular weight is 437 g/mol. The fourth-order valence-corrected chi connectivity index (χ4v) is 3.93. The molecule has 1 heterocycles. The van der Waals surface area contributed by atoms with Crippen LogP contribution >= 0.6 is 11.8 Å². The third-order valence-electron chi connectivity index (χ3n) is 4.84. The third-order valence-corrected chi connectivity index (χ3v) is 5.80. The minimum absolute atomic E-state index is 0.0873. The quantitative estimate of drug-likeness (QED) is 0.360. The van der Waals surface area contributed by atoms with Gasteiger partial charge in [0.15, 0.2) is 11.0 Å². The van der Waals surface area contributed by atoms with E-state index in [1.54, 1.807) is 6.08 Å². The zero-order chi connectivity index (χ0) is 22.2. The van der Waals surface area contributed by atoms with Crippen LogP contribution in [0, 0.1) is 13.8 Å². The summed E-state index contributed by atoms with van der Waals surface area (Å²) in [6.07, 6.45) is 2.75. The number of nitrogens with one attached hydrogen (secondary N) is 1. The van der Waals surface area contributed by atoms with Gasteiger partial charge >= 0.3 is 0 Å². The number of thioether (sulfide) groups is 1. The number of para-hydroxylation sites is 1. The van der Waals surface area contributed by atoms with Gasteiger partial charge in [-0.2, -0.15) is 0 Å². The highest BCUT2D eigenvalue weighted by Gasteiger charge is 2.15. The van der Waals surface area contributed by atoms with Crippen LogP contribution in [-0.2, 0) is 24.4 Å². The molecular formula is C24H28N4O2S. The van der Waals surface area contributed by atoms with Crippen molar-refractivity contribution in [2.75, 3.05) is 11.1 Å². The summed E-state index contributed by atoms with van der Waals surface area (Å²) in [5.74, 6) is 1.71. The van der Waals surface area contributed by atoms with E-state index in [0.29, 0.717) is 24.1 Å². The van der Waals surface area contributed by atoms with Gasteiger partial charge in [-0.25, -0.2) is 0 Å². The highest BCUT2D eigenvalue weighted by molar-refractivity contribution is 7.99. The van der Waals surface area contributed by atoms with Crippen molar-refractivity contribution in [2.24, 2.45) is 0 Å². The molecule has 0 aliphatic carbocycles. The van der Waals surface area contributed by atoms with Crippen LogP contribution in [0.4, 0.5) is 5.69 Å². The molecule has 2 aromatic carbocycles. The molecule has 1 aromatic heterocycles. The Bertz CT molecular complexity index is 1020. The molecule has 0 aliphatic heterocycles. The van der Waals surface area contributed by atoms with Crippen LogP contribution in [0.3, 0.4) is 0 Å². The number of carbonyl (C=O) groups is 1. The molecule has 0 unspecified atom stereocenters. The minimum Gasteiger partial charge on any atom is -0.485 e. The number of nitrogens with zero attached hydrogens (tertiary/aromatic N) is 3. The zero-order valence-corrected chi connectivity index (χ0v) is 19.0. The van der Waals surface area contributed by atoms with E-state index < -0.39 is 0 Å². The Morgan fingerprint density at radius 3 is 2.52 bits per heavy atom. The Morgan fingerprint density at radius 1 is 1.16 bits per heavy atom. The first-order valence-corrected chi connectivity index (χ1v) is 11.2. The number of allylic oxidation sites excluding steroid dienone is 1. The van der Waals surface area contributed by atoms with Gasteiger partial charge in [0.25, 0.3) is 0 Å². The lowest BCUT2D eigenvalue weighted by Gasteiger charge is -2.12. The topological polar surface area (TPSA) is 69.0 Å². The number of hydrogen-bond donors (Lipinski definition) is 1. The second kappa shape index (κ2) is 10.8. The maximum atomic E-state index is 12.4. The van der Waals surface area contributed by atoms with Crippen LogP contribution < -0.4 is 10.1 Å². The van der Waals surface area contributed by atoms with E-state index in [0.717, 1.165) is 29.0 Å². The second-order valence-electron chi connectivity index (χ2n) is 7.20. The zero-order valence-electron chi connectivity index (χ0n) is 18.2. The molecule has 0 saturated carbocycles. The van der Waals surface area contributed by atoms with Crippen LogP contribution in [0.5, 0.6) is 5.75 Å². The minimum atomic E-state index is -0.0873. The predicted molar refractivity (Wildman–Crippen MR) is 126 cm³/mol. The van der Waals surface area contributed by atoms with Gasteiger partial charge in [0, 0.05) is 12.2 Å². The van der Waals surface area contributed by atoms with Crippen molar-refractivity contribution in [1.82, 2.24) is 14.8 Å². The van der Waals surface area contributed by atoms with Gasteiger partial charge in [-0.05, 0) is 49.1 Å². The van der Waals surface area contributed by atoms with E-state index in [1.807, 2.05) is 60.9 Å². The molecule has 31 heavy (non-hydrogen) atoms. The lowest BCUT2D eigenvalue weighted by Crippen LogP contribution is -2.15. The molecule has 1 amide bonds. The molecule has 162 valence electrons. The van der Waals surface area contributed by atoms with Crippen molar-refractivity contribution in [2.45, 2.75) is 45.5 Å². The normalized spacial score (nSPS) is 10.7. The van der Waals surface area contributed by atoms with Gasteiger partial charge in [0.05, 0.1) is 5.75 Å². The second-order valence-corrected chi connectivity index (χ2v) is 8.14. The highest BCUT2D eigenvalue weighted by atomic mass is 32.2. The lowest BCUT2D eigenvalue weighted by atomic mass is 10.1. The molecule has 0 aliphatic rings. The number of amides is 1. The summed E-state index contributed by atoms with van der Waals surface area (Å²) in [5.41, 5.74) is 4.18. The van der Waals surface area contributed by atoms with Crippen LogP contribution in [0.2, 0.25) is 0 Å². The molecule has 1 N–H and O–H groups in total. The van der Waals surface area contributed by atoms with E-state index in [4.69, 9.17) is 4.74 Å². The monoisotopic (exact) mass is 436 g/mol. The fourth-order valence-electron chi connectivity index (χ4n) is 3.16. The van der Waals surface area contributed by atoms with Crippen molar-refractivity contribution >= 4 is 23.4 Å². The summed E-state index contributed by atoms with van der Waals surface area (Å²) in [4.78, 5) is 12.4. The highest BCUT2D eigenvalue weighted by Crippen LogP contribution is 2.24. The molecule has 0 spiro atoms. The molecule has 0 atom stereocenters. The summed E-state index contributed by atoms with van der Waals surface area (Å²) in [5, 5.41) is 12.1. The van der Waals surface area contributed by atoms with E-state index in [-0.39, 0.29) is 11.7 Å². The molecular weight excluding hydrogens is 408 g/mol. The summed E-state index contributed by atoms with van der Waals surface area (Å²) >= 11 is 1.34. The van der Waals surface area contributed by atoms with E-state index >= 15 is 0 Å². The molecule has 0 saturated heterocycles. The Morgan fingerprint density at radius 2 is 1.87 bits per heavy atom. The maximum absolute atomic E-state index is 12.4. The Hall–Kier alpha value is -3.06. The molecule has 0 radical (unpaired) electrons. The van der Waals surface area contributed by atoms with Gasteiger partial charge in [-0.15, -0.1) is 16.8 Å². The first-order valence-electron chi connectivity index (χ1n) is 10.3. The third kappa shape index (κ3) is 5.98. The van der Waals surface area contributed by atoms with Gasteiger partial charge < -0.3 is 10.1 Å². The predicted octanol–water partition coefficient (Wildman–Crippen LogP) is 4.95. The number of benzene rings is 2. The van der Waals surface area contributed by atoms with E-state index in [2.05, 4.69) is 29.0 Å². The summed E-state index contributed by atoms with van der Waals surface area (Å²) in [6, 6.07) is 13.9. The van der Waals surface area contributed by atoms with Gasteiger partial charge in [-0.1, -0.05) is 55.1 Å². The van der Waals surface area contributed by atoms with Crippen molar-refractivity contribution in [3.63, 3.8) is 0 Å². The van der Waals surface area contributed by atoms with Gasteiger partial charge in [-0.3, -0.25) is 9.36 Å². The van der Waals surface area contributed by atoms with Crippen molar-refractivity contribution < 1.29 is 9.53 Å². The molecule has 3 rings (SSSR count). The molecule has 0 fully saturated rings. The maximum Gasteiger partial charge on any atom is 0.234 e. The summed E-state index contributed by atoms with van der Waals surface area (Å²) in [6.45, 7) is 10.8. The van der Waals surface area contributed by atoms with Gasteiger partial charge in [0.1, 0.15) is 12.4 Å². The Labute approximate surface area is 187 Å². The van der Waals surface area contributed by atoms with Crippen LogP contribution in [0.15, 0.2) is 60.3 Å². The standard InChI is InChI=1S/C24H28N4O2S/c1-5-14-28-21(15-30-23-17(3)8-7-9-18(23)4)26-27-24(28)31-16-22(29)25-20-12-10-19(6-2)11-13-20/h5,7-13H,1,6,14-16H2,2-4H3,(H,25,29). The Kier molecular flexibility index (Phi) is 7.89. The van der Waals surface area contributed by atoms with Crippen LogP contribution in [0.25, 0.3) is 0 Å². The number of rotatable bonds is 10. The van der Waals surface area contributed by atoms with E-state index in [1.165, 1.54) is 17.3 Å². The molecule has 0 bridgehead atoms. The SMILES string of the molecule is C=CCn1c(COc2c(C)cccc2C)nnc1SCC(=O)Nc1ccc(CC)cc1. The number of aromatic nitrogens is 3. The van der Waals surface area contributed by atoms with Gasteiger partial charge in [0.2, 0.25) is 5.91 Å². The first kappa shape index (κ1) is 22.6. The lowest BCUT2D eigenvalue weighted by molar-refractivity contribution is -0.113. The molecule has 3 aromatic rings. The number of ether oxygens (including phenoxy) is 1. The van der Waals surface area contributed by atoms with Crippen LogP contribution in [0.1, 0.15) is 29.4 Å². The Balaban J connectivity index is 1.62. The van der Waals surface area contributed by atoms with Crippen molar-refractivity contribution in [3.05, 3.63) is 77.6 Å². The van der Waals surface area contributed by atoms with Crippen molar-refractivity contribution in [1.29, 1.82) is 0 Å². The number of carbonyl (C=O) groups excluding carboxylic acids is 1. The van der Waals surface area contributed by atoms with Crippen molar-refractivity contribution in [3.8, 4) is 5.75 Å². The van der Waals surface area contributed by atoms with Crippen LogP contribution in [-0.4, -0.2) is 26.4 Å². The smallest absolute Gasteiger partial charge is 0.234 e.